The Morgan fingerprint density at radius 2 is 2.05 bits per heavy atom. The number of aliphatic hydroxyl groups excluding tert-OH is 1. The number of para-hydroxylation sites is 1. The number of pyridine rings is 1. The Kier molecular flexibility index (Phi) is 4.12. The van der Waals surface area contributed by atoms with Crippen LogP contribution in [0.5, 0.6) is 0 Å². The molecule has 116 valence electrons. The molecule has 4 heteroatoms. The highest BCUT2D eigenvalue weighted by Gasteiger charge is 2.36. The molecule has 1 unspecified atom stereocenters. The molecule has 1 atom stereocenters. The van der Waals surface area contributed by atoms with E-state index in [9.17, 15) is 9.90 Å². The molecule has 1 saturated carbocycles. The zero-order chi connectivity index (χ0) is 15.7. The van der Waals surface area contributed by atoms with Crippen molar-refractivity contribution in [1.82, 2.24) is 10.3 Å². The number of amides is 1. The molecule has 0 bridgehead atoms. The number of fused-ring (bicyclic) bond motifs is 1. The fraction of sp³-hybridized carbons (Fsp3) is 0.444. The number of carbonyl (C=O) groups excluding carboxylic acids is 1. The average molecular weight is 298 g/mol. The van der Waals surface area contributed by atoms with E-state index < -0.39 is 0 Å². The minimum Gasteiger partial charge on any atom is -0.393 e. The second-order valence-electron chi connectivity index (χ2n) is 6.49. The van der Waals surface area contributed by atoms with Crippen LogP contribution in [0.25, 0.3) is 10.9 Å². The van der Waals surface area contributed by atoms with Gasteiger partial charge in [0.15, 0.2) is 0 Å². The minimum absolute atomic E-state index is 0.0412. The Bertz CT molecular complexity index is 678. The van der Waals surface area contributed by atoms with E-state index in [1.54, 1.807) is 0 Å². The Morgan fingerprint density at radius 3 is 2.73 bits per heavy atom. The molecule has 2 aromatic rings. The van der Waals surface area contributed by atoms with E-state index in [4.69, 9.17) is 0 Å². The fourth-order valence-corrected chi connectivity index (χ4v) is 2.95. The van der Waals surface area contributed by atoms with Crippen LogP contribution in [0.3, 0.4) is 0 Å². The van der Waals surface area contributed by atoms with Gasteiger partial charge in [-0.3, -0.25) is 9.78 Å². The lowest BCUT2D eigenvalue weighted by Gasteiger charge is -2.38. The van der Waals surface area contributed by atoms with E-state index in [2.05, 4.69) is 16.4 Å². The van der Waals surface area contributed by atoms with Gasteiger partial charge in [-0.05, 0) is 36.5 Å². The monoisotopic (exact) mass is 298 g/mol. The smallest absolute Gasteiger partial charge is 0.223 e. The Labute approximate surface area is 130 Å². The number of carbonyl (C=O) groups is 1. The van der Waals surface area contributed by atoms with Gasteiger partial charge in [0.05, 0.1) is 17.7 Å². The topological polar surface area (TPSA) is 62.2 Å². The second kappa shape index (κ2) is 6.05. The van der Waals surface area contributed by atoms with Crippen molar-refractivity contribution in [1.29, 1.82) is 0 Å². The van der Waals surface area contributed by atoms with Crippen LogP contribution in [-0.4, -0.2) is 22.1 Å². The highest BCUT2D eigenvalue weighted by Crippen LogP contribution is 2.38. The van der Waals surface area contributed by atoms with Crippen molar-refractivity contribution in [2.24, 2.45) is 11.8 Å². The maximum Gasteiger partial charge on any atom is 0.223 e. The van der Waals surface area contributed by atoms with Crippen molar-refractivity contribution >= 4 is 16.8 Å². The molecule has 0 radical (unpaired) electrons. The molecule has 1 heterocycles. The van der Waals surface area contributed by atoms with Gasteiger partial charge >= 0.3 is 0 Å². The van der Waals surface area contributed by atoms with Crippen LogP contribution >= 0.6 is 0 Å². The van der Waals surface area contributed by atoms with Gasteiger partial charge in [0.2, 0.25) is 5.91 Å². The van der Waals surface area contributed by atoms with E-state index in [1.165, 1.54) is 0 Å². The normalized spacial score (nSPS) is 22.4. The van der Waals surface area contributed by atoms with E-state index in [0.29, 0.717) is 0 Å². The molecule has 1 aromatic carbocycles. The molecular weight excluding hydrogens is 276 g/mol. The van der Waals surface area contributed by atoms with Crippen LogP contribution in [0.15, 0.2) is 36.5 Å². The number of hydrogen-bond acceptors (Lipinski definition) is 3. The van der Waals surface area contributed by atoms with E-state index in [0.717, 1.165) is 29.3 Å². The van der Waals surface area contributed by atoms with Gasteiger partial charge in [-0.1, -0.05) is 32.0 Å². The summed E-state index contributed by atoms with van der Waals surface area (Å²) < 4.78 is 0. The third-order valence-corrected chi connectivity index (χ3v) is 4.41. The van der Waals surface area contributed by atoms with Gasteiger partial charge in [0.1, 0.15) is 0 Å². The molecule has 0 aliphatic heterocycles. The SMILES string of the molecule is CC(C)C(=O)NC(c1cnc2ccccc2c1)C1CC(O)C1. The van der Waals surface area contributed by atoms with Gasteiger partial charge in [-0.25, -0.2) is 0 Å². The van der Waals surface area contributed by atoms with Crippen molar-refractivity contribution in [3.63, 3.8) is 0 Å². The van der Waals surface area contributed by atoms with Gasteiger partial charge in [-0.15, -0.1) is 0 Å². The summed E-state index contributed by atoms with van der Waals surface area (Å²) in [6.45, 7) is 3.78. The zero-order valence-corrected chi connectivity index (χ0v) is 13.0. The predicted octanol–water partition coefficient (Wildman–Crippen LogP) is 2.82. The molecule has 3 rings (SSSR count). The second-order valence-corrected chi connectivity index (χ2v) is 6.49. The Balaban J connectivity index is 1.90. The van der Waals surface area contributed by atoms with Gasteiger partial charge < -0.3 is 10.4 Å². The molecule has 2 N–H and O–H groups in total. The molecule has 1 fully saturated rings. The fourth-order valence-electron chi connectivity index (χ4n) is 2.95. The largest absolute Gasteiger partial charge is 0.393 e. The molecule has 1 aliphatic rings. The maximum atomic E-state index is 12.1. The summed E-state index contributed by atoms with van der Waals surface area (Å²) in [6.07, 6.45) is 3.07. The average Bonchev–Trinajstić information content (AvgIpc) is 2.49. The lowest BCUT2D eigenvalue weighted by molar-refractivity contribution is -0.126. The quantitative estimate of drug-likeness (QED) is 0.912. The third-order valence-electron chi connectivity index (χ3n) is 4.41. The first kappa shape index (κ1) is 15.0. The Morgan fingerprint density at radius 1 is 1.32 bits per heavy atom. The number of aromatic nitrogens is 1. The summed E-state index contributed by atoms with van der Waals surface area (Å²) in [4.78, 5) is 16.6. The van der Waals surface area contributed by atoms with Crippen LogP contribution in [0.1, 0.15) is 38.3 Å². The maximum absolute atomic E-state index is 12.1. The highest BCUT2D eigenvalue weighted by atomic mass is 16.3. The summed E-state index contributed by atoms with van der Waals surface area (Å²) in [5.41, 5.74) is 1.97. The zero-order valence-electron chi connectivity index (χ0n) is 13.0. The summed E-state index contributed by atoms with van der Waals surface area (Å²) in [5, 5.41) is 13.8. The summed E-state index contributed by atoms with van der Waals surface area (Å²) >= 11 is 0. The lowest BCUT2D eigenvalue weighted by Crippen LogP contribution is -2.42. The van der Waals surface area contributed by atoms with E-state index >= 15 is 0 Å². The number of nitrogens with one attached hydrogen (secondary N) is 1. The predicted molar refractivity (Wildman–Crippen MR) is 86.2 cm³/mol. The number of rotatable bonds is 4. The third kappa shape index (κ3) is 2.97. The van der Waals surface area contributed by atoms with Crippen molar-refractivity contribution in [3.05, 3.63) is 42.1 Å². The molecule has 4 nitrogen and oxygen atoms in total. The number of nitrogens with zero attached hydrogens (tertiary/aromatic N) is 1. The first-order valence-electron chi connectivity index (χ1n) is 7.87. The highest BCUT2D eigenvalue weighted by molar-refractivity contribution is 5.80. The van der Waals surface area contributed by atoms with Crippen molar-refractivity contribution in [2.75, 3.05) is 0 Å². The van der Waals surface area contributed by atoms with Crippen LogP contribution in [0.4, 0.5) is 0 Å². The first-order valence-corrected chi connectivity index (χ1v) is 7.87. The molecule has 0 saturated heterocycles. The lowest BCUT2D eigenvalue weighted by atomic mass is 9.75. The van der Waals surface area contributed by atoms with Crippen LogP contribution in [-0.2, 0) is 4.79 Å². The first-order chi connectivity index (χ1) is 10.5. The molecule has 1 amide bonds. The standard InChI is InChI=1S/C18H22N2O2/c1-11(2)18(22)20-17(13-8-15(21)9-13)14-7-12-5-3-4-6-16(12)19-10-14/h3-7,10-11,13,15,17,21H,8-9H2,1-2H3,(H,20,22). The number of aliphatic hydroxyl groups is 1. The van der Waals surface area contributed by atoms with Gasteiger partial charge in [0.25, 0.3) is 0 Å². The molecular formula is C18H22N2O2. The summed E-state index contributed by atoms with van der Waals surface area (Å²) in [6, 6.07) is 9.99. The van der Waals surface area contributed by atoms with Crippen LogP contribution in [0.2, 0.25) is 0 Å². The molecule has 1 aromatic heterocycles. The van der Waals surface area contributed by atoms with Crippen molar-refractivity contribution in [2.45, 2.75) is 38.8 Å². The molecule has 0 spiro atoms. The van der Waals surface area contributed by atoms with Gasteiger partial charge in [-0.2, -0.15) is 0 Å². The van der Waals surface area contributed by atoms with E-state index in [-0.39, 0.29) is 29.9 Å². The van der Waals surface area contributed by atoms with Crippen LogP contribution in [0, 0.1) is 11.8 Å². The molecule has 22 heavy (non-hydrogen) atoms. The van der Waals surface area contributed by atoms with E-state index in [1.807, 2.05) is 44.3 Å². The number of benzene rings is 1. The van der Waals surface area contributed by atoms with Gasteiger partial charge in [0, 0.05) is 17.5 Å². The van der Waals surface area contributed by atoms with Crippen LogP contribution < -0.4 is 5.32 Å². The van der Waals surface area contributed by atoms with Crippen molar-refractivity contribution < 1.29 is 9.90 Å². The minimum atomic E-state index is -0.239. The Hall–Kier alpha value is -1.94. The number of hydrogen-bond donors (Lipinski definition) is 2. The summed E-state index contributed by atoms with van der Waals surface area (Å²) in [5.74, 6) is 0.265. The summed E-state index contributed by atoms with van der Waals surface area (Å²) in [7, 11) is 0. The van der Waals surface area contributed by atoms with Crippen molar-refractivity contribution in [3.8, 4) is 0 Å². The molecule has 1 aliphatic carbocycles.